The topological polar surface area (TPSA) is 83.3 Å². The van der Waals surface area contributed by atoms with Crippen LogP contribution in [0, 0.1) is 17.6 Å². The standard InChI is InChI=1S/C32H34F2N2O6/c1-32(2,3)41-31(37)36(18-20-11-13-39-14-12-20)30-25-15-21(5-10-28(25)42-35-30)19-40-23-8-6-22(7-9-23)24-16-26(33)27(34)17-29(24)38-4/h5-10,15-17,20H,11-14,18-19H2,1-4H3. The first kappa shape index (κ1) is 29.3. The third-order valence-electron chi connectivity index (χ3n) is 6.98. The first-order valence-electron chi connectivity index (χ1n) is 13.8. The molecular weight excluding hydrogens is 546 g/mol. The number of ether oxygens (including phenoxy) is 4. The van der Waals surface area contributed by atoms with Crippen molar-refractivity contribution in [1.29, 1.82) is 0 Å². The molecule has 1 fully saturated rings. The number of carbonyl (C=O) groups is 1. The summed E-state index contributed by atoms with van der Waals surface area (Å²) in [6.45, 7) is 7.47. The van der Waals surface area contributed by atoms with Crippen molar-refractivity contribution in [3.05, 3.63) is 71.8 Å². The minimum Gasteiger partial charge on any atom is -0.496 e. The molecule has 0 atom stereocenters. The Hall–Kier alpha value is -4.18. The van der Waals surface area contributed by atoms with Crippen LogP contribution in [0.5, 0.6) is 11.5 Å². The Morgan fingerprint density at radius 3 is 2.43 bits per heavy atom. The number of halogens is 2. The lowest BCUT2D eigenvalue weighted by atomic mass is 9.99. The minimum absolute atomic E-state index is 0.234. The first-order valence-corrected chi connectivity index (χ1v) is 13.8. The third kappa shape index (κ3) is 6.82. The van der Waals surface area contributed by atoms with E-state index < -0.39 is 23.3 Å². The summed E-state index contributed by atoms with van der Waals surface area (Å²) in [5, 5.41) is 4.93. The molecule has 0 bridgehead atoms. The van der Waals surface area contributed by atoms with Crippen molar-refractivity contribution < 1.29 is 37.0 Å². The summed E-state index contributed by atoms with van der Waals surface area (Å²) >= 11 is 0. The molecule has 0 N–H and O–H groups in total. The number of rotatable bonds is 8. The Morgan fingerprint density at radius 1 is 1.02 bits per heavy atom. The molecule has 1 saturated heterocycles. The maximum absolute atomic E-state index is 13.9. The Morgan fingerprint density at radius 2 is 1.74 bits per heavy atom. The summed E-state index contributed by atoms with van der Waals surface area (Å²) < 4.78 is 55.5. The lowest BCUT2D eigenvalue weighted by Gasteiger charge is -2.30. The highest BCUT2D eigenvalue weighted by atomic mass is 19.2. The molecule has 4 aromatic rings. The van der Waals surface area contributed by atoms with Crippen molar-refractivity contribution in [3.8, 4) is 22.6 Å². The lowest BCUT2D eigenvalue weighted by Crippen LogP contribution is -2.41. The molecular formula is C32H34F2N2O6. The smallest absolute Gasteiger partial charge is 0.416 e. The molecule has 0 saturated carbocycles. The van der Waals surface area contributed by atoms with Crippen molar-refractivity contribution in [1.82, 2.24) is 5.16 Å². The van der Waals surface area contributed by atoms with Gasteiger partial charge in [0.05, 0.1) is 12.5 Å². The van der Waals surface area contributed by atoms with Gasteiger partial charge in [0, 0.05) is 31.4 Å². The van der Waals surface area contributed by atoms with Crippen LogP contribution >= 0.6 is 0 Å². The Balaban J connectivity index is 1.34. The van der Waals surface area contributed by atoms with Crippen LogP contribution in [0.3, 0.4) is 0 Å². The molecule has 0 aliphatic carbocycles. The predicted octanol–water partition coefficient (Wildman–Crippen LogP) is 7.53. The highest BCUT2D eigenvalue weighted by molar-refractivity contribution is 5.98. The highest BCUT2D eigenvalue weighted by Gasteiger charge is 2.30. The van der Waals surface area contributed by atoms with Crippen LogP contribution in [-0.4, -0.2) is 43.7 Å². The molecule has 2 heterocycles. The summed E-state index contributed by atoms with van der Waals surface area (Å²) in [7, 11) is 1.41. The van der Waals surface area contributed by atoms with Crippen LogP contribution in [0.2, 0.25) is 0 Å². The van der Waals surface area contributed by atoms with E-state index in [2.05, 4.69) is 5.16 Å². The first-order chi connectivity index (χ1) is 20.1. The fraction of sp³-hybridized carbons (Fsp3) is 0.375. The van der Waals surface area contributed by atoms with E-state index >= 15 is 0 Å². The van der Waals surface area contributed by atoms with Gasteiger partial charge >= 0.3 is 6.09 Å². The van der Waals surface area contributed by atoms with E-state index in [0.717, 1.165) is 30.5 Å². The van der Waals surface area contributed by atoms with Gasteiger partial charge in [0.25, 0.3) is 0 Å². The molecule has 8 nitrogen and oxygen atoms in total. The van der Waals surface area contributed by atoms with E-state index in [1.165, 1.54) is 7.11 Å². The number of amides is 1. The number of anilines is 1. The van der Waals surface area contributed by atoms with Gasteiger partial charge in [-0.25, -0.2) is 13.6 Å². The number of methoxy groups -OCH3 is 1. The van der Waals surface area contributed by atoms with Gasteiger partial charge in [0.15, 0.2) is 23.0 Å². The average molecular weight is 581 g/mol. The number of nitrogens with zero attached hydrogens (tertiary/aromatic N) is 2. The number of fused-ring (bicyclic) bond motifs is 1. The fourth-order valence-corrected chi connectivity index (χ4v) is 4.83. The van der Waals surface area contributed by atoms with Gasteiger partial charge in [-0.1, -0.05) is 23.4 Å². The second-order valence-corrected chi connectivity index (χ2v) is 11.3. The van der Waals surface area contributed by atoms with Crippen molar-refractivity contribution in [2.75, 3.05) is 31.8 Å². The van der Waals surface area contributed by atoms with Crippen LogP contribution < -0.4 is 14.4 Å². The van der Waals surface area contributed by atoms with Crippen molar-refractivity contribution in [2.24, 2.45) is 5.92 Å². The van der Waals surface area contributed by atoms with Crippen molar-refractivity contribution in [3.63, 3.8) is 0 Å². The zero-order valence-corrected chi connectivity index (χ0v) is 24.1. The van der Waals surface area contributed by atoms with Crippen molar-refractivity contribution >= 4 is 22.9 Å². The SMILES string of the molecule is COc1cc(F)c(F)cc1-c1ccc(OCc2ccc3onc(N(CC4CCOCC4)C(=O)OC(C)(C)C)c3c2)cc1. The Kier molecular flexibility index (Phi) is 8.63. The summed E-state index contributed by atoms with van der Waals surface area (Å²) in [5.41, 5.74) is 1.80. The molecule has 1 aliphatic rings. The number of benzene rings is 3. The van der Waals surface area contributed by atoms with E-state index in [4.69, 9.17) is 23.5 Å². The van der Waals surface area contributed by atoms with Crippen LogP contribution in [0.4, 0.5) is 19.4 Å². The molecule has 3 aromatic carbocycles. The number of hydrogen-bond donors (Lipinski definition) is 0. The summed E-state index contributed by atoms with van der Waals surface area (Å²) in [6.07, 6.45) is 1.20. The Bertz CT molecular complexity index is 1540. The molecule has 1 aromatic heterocycles. The molecule has 0 spiro atoms. The molecule has 10 heteroatoms. The largest absolute Gasteiger partial charge is 0.496 e. The van der Waals surface area contributed by atoms with Gasteiger partial charge in [-0.2, -0.15) is 0 Å². The minimum atomic E-state index is -0.971. The number of hydrogen-bond acceptors (Lipinski definition) is 7. The highest BCUT2D eigenvalue weighted by Crippen LogP contribution is 2.34. The summed E-state index contributed by atoms with van der Waals surface area (Å²) in [5.74, 6) is -0.455. The average Bonchev–Trinajstić information content (AvgIpc) is 3.39. The van der Waals surface area contributed by atoms with E-state index in [9.17, 15) is 13.6 Å². The van der Waals surface area contributed by atoms with E-state index in [-0.39, 0.29) is 18.3 Å². The van der Waals surface area contributed by atoms with Gasteiger partial charge in [0.2, 0.25) is 0 Å². The number of aromatic nitrogens is 1. The monoisotopic (exact) mass is 580 g/mol. The molecule has 0 unspecified atom stereocenters. The molecule has 1 amide bonds. The van der Waals surface area contributed by atoms with Gasteiger partial charge < -0.3 is 23.5 Å². The van der Waals surface area contributed by atoms with Crippen LogP contribution in [0.25, 0.3) is 22.1 Å². The fourth-order valence-electron chi connectivity index (χ4n) is 4.83. The molecule has 222 valence electrons. The maximum Gasteiger partial charge on any atom is 0.416 e. The van der Waals surface area contributed by atoms with E-state index in [1.54, 1.807) is 35.2 Å². The third-order valence-corrected chi connectivity index (χ3v) is 6.98. The summed E-state index contributed by atoms with van der Waals surface area (Å²) in [6, 6.07) is 14.7. The summed E-state index contributed by atoms with van der Waals surface area (Å²) in [4.78, 5) is 14.9. The molecule has 1 aliphatic heterocycles. The van der Waals surface area contributed by atoms with Gasteiger partial charge in [-0.3, -0.25) is 4.90 Å². The molecule has 42 heavy (non-hydrogen) atoms. The Labute approximate surface area is 243 Å². The van der Waals surface area contributed by atoms with Gasteiger partial charge in [0.1, 0.15) is 23.7 Å². The van der Waals surface area contributed by atoms with Crippen LogP contribution in [0.1, 0.15) is 39.2 Å². The maximum atomic E-state index is 13.9. The lowest BCUT2D eigenvalue weighted by molar-refractivity contribution is 0.0512. The van der Waals surface area contributed by atoms with Gasteiger partial charge in [-0.15, -0.1) is 0 Å². The van der Waals surface area contributed by atoms with Gasteiger partial charge in [-0.05, 0) is 81.0 Å². The molecule has 0 radical (unpaired) electrons. The van der Waals surface area contributed by atoms with E-state index in [1.807, 2.05) is 32.9 Å². The van der Waals surface area contributed by atoms with Crippen molar-refractivity contribution in [2.45, 2.75) is 45.8 Å². The van der Waals surface area contributed by atoms with E-state index in [0.29, 0.717) is 53.4 Å². The quantitative estimate of drug-likeness (QED) is 0.213. The normalized spacial score (nSPS) is 14.1. The molecule has 5 rings (SSSR count). The van der Waals surface area contributed by atoms with Crippen LogP contribution in [-0.2, 0) is 16.1 Å². The second kappa shape index (κ2) is 12.4. The zero-order chi connectivity index (χ0) is 29.9. The predicted molar refractivity (Wildman–Crippen MR) is 154 cm³/mol. The zero-order valence-electron chi connectivity index (χ0n) is 24.1. The van der Waals surface area contributed by atoms with Crippen LogP contribution in [0.15, 0.2) is 59.1 Å². The number of carbonyl (C=O) groups excluding carboxylic acids is 1. The second-order valence-electron chi connectivity index (χ2n) is 11.3.